The number of rotatable bonds is 4. The summed E-state index contributed by atoms with van der Waals surface area (Å²) in [5.74, 6) is -0.233. The second-order valence-electron chi connectivity index (χ2n) is 6.14. The minimum atomic E-state index is -0.233. The van der Waals surface area contributed by atoms with Gasteiger partial charge in [-0.05, 0) is 48.4 Å². The lowest BCUT2D eigenvalue weighted by Gasteiger charge is -2.36. The molecule has 2 heterocycles. The van der Waals surface area contributed by atoms with Crippen molar-refractivity contribution < 1.29 is 9.18 Å². The van der Waals surface area contributed by atoms with Gasteiger partial charge in [0.15, 0.2) is 0 Å². The molecule has 132 valence electrons. The van der Waals surface area contributed by atoms with Crippen molar-refractivity contribution in [2.75, 3.05) is 31.1 Å². The fraction of sp³-hybridized carbons (Fsp3) is 0.368. The zero-order valence-electron chi connectivity index (χ0n) is 14.4. The summed E-state index contributed by atoms with van der Waals surface area (Å²) in [7, 11) is 0. The summed E-state index contributed by atoms with van der Waals surface area (Å²) >= 11 is 0. The van der Waals surface area contributed by atoms with Crippen LogP contribution in [0.1, 0.15) is 24.9 Å². The van der Waals surface area contributed by atoms with Crippen molar-refractivity contribution in [3.63, 3.8) is 0 Å². The Balaban J connectivity index is 1.55. The predicted molar refractivity (Wildman–Crippen MR) is 96.0 cm³/mol. The average Bonchev–Trinajstić information content (AvgIpc) is 2.67. The number of pyridine rings is 1. The molecule has 5 nitrogen and oxygen atoms in total. The van der Waals surface area contributed by atoms with Crippen LogP contribution in [0.4, 0.5) is 14.9 Å². The zero-order valence-corrected chi connectivity index (χ0v) is 14.4. The first-order valence-electron chi connectivity index (χ1n) is 8.63. The highest BCUT2D eigenvalue weighted by Crippen LogP contribution is 2.19. The first kappa shape index (κ1) is 17.2. The Morgan fingerprint density at radius 2 is 1.76 bits per heavy atom. The third kappa shape index (κ3) is 4.26. The van der Waals surface area contributed by atoms with Gasteiger partial charge in [0, 0.05) is 44.3 Å². The quantitative estimate of drug-likeness (QED) is 0.928. The minimum absolute atomic E-state index is 0.00868. The van der Waals surface area contributed by atoms with E-state index in [1.165, 1.54) is 12.1 Å². The molecule has 3 rings (SSSR count). The van der Waals surface area contributed by atoms with E-state index in [-0.39, 0.29) is 17.9 Å². The van der Waals surface area contributed by atoms with Crippen molar-refractivity contribution in [1.82, 2.24) is 15.2 Å². The standard InChI is InChI=1S/C19H23FN4O/c1-2-18(15-7-9-21-10-8-15)22-19(25)24-13-11-23(12-14-24)17-5-3-16(20)4-6-17/h3-10,18H,2,11-14H2,1H3,(H,22,25). The molecule has 2 aromatic rings. The topological polar surface area (TPSA) is 48.5 Å². The molecule has 0 saturated carbocycles. The Kier molecular flexibility index (Phi) is 5.48. The van der Waals surface area contributed by atoms with Crippen LogP contribution in [0.3, 0.4) is 0 Å². The molecule has 25 heavy (non-hydrogen) atoms. The zero-order chi connectivity index (χ0) is 17.6. The number of urea groups is 1. The second kappa shape index (κ2) is 7.96. The fourth-order valence-electron chi connectivity index (χ4n) is 3.08. The van der Waals surface area contributed by atoms with Gasteiger partial charge in [0.2, 0.25) is 0 Å². The number of hydrogen-bond donors (Lipinski definition) is 1. The molecule has 0 spiro atoms. The van der Waals surface area contributed by atoms with Crippen molar-refractivity contribution >= 4 is 11.7 Å². The van der Waals surface area contributed by atoms with E-state index in [9.17, 15) is 9.18 Å². The third-order valence-corrected chi connectivity index (χ3v) is 4.57. The molecule has 6 heteroatoms. The van der Waals surface area contributed by atoms with Crippen LogP contribution in [0.25, 0.3) is 0 Å². The normalized spacial score (nSPS) is 15.8. The average molecular weight is 342 g/mol. The van der Waals surface area contributed by atoms with Gasteiger partial charge in [-0.2, -0.15) is 0 Å². The van der Waals surface area contributed by atoms with Crippen molar-refractivity contribution in [3.05, 3.63) is 60.2 Å². The number of aromatic nitrogens is 1. The molecule has 1 unspecified atom stereocenters. The molecule has 1 aliphatic heterocycles. The Labute approximate surface area is 147 Å². The molecule has 1 N–H and O–H groups in total. The maximum Gasteiger partial charge on any atom is 0.318 e. The highest BCUT2D eigenvalue weighted by atomic mass is 19.1. The number of carbonyl (C=O) groups is 1. The predicted octanol–water partition coefficient (Wildman–Crippen LogP) is 3.20. The van der Waals surface area contributed by atoms with Gasteiger partial charge in [-0.15, -0.1) is 0 Å². The van der Waals surface area contributed by atoms with Crippen molar-refractivity contribution in [1.29, 1.82) is 0 Å². The fourth-order valence-corrected chi connectivity index (χ4v) is 3.08. The van der Waals surface area contributed by atoms with Crippen molar-refractivity contribution in [2.45, 2.75) is 19.4 Å². The number of anilines is 1. The summed E-state index contributed by atoms with van der Waals surface area (Å²) in [5, 5.41) is 3.11. The van der Waals surface area contributed by atoms with Crippen molar-refractivity contribution in [3.8, 4) is 0 Å². The monoisotopic (exact) mass is 342 g/mol. The largest absolute Gasteiger partial charge is 0.368 e. The number of amides is 2. The highest BCUT2D eigenvalue weighted by Gasteiger charge is 2.23. The van der Waals surface area contributed by atoms with Gasteiger partial charge in [0.25, 0.3) is 0 Å². The van der Waals surface area contributed by atoms with Gasteiger partial charge in [0.05, 0.1) is 6.04 Å². The van der Waals surface area contributed by atoms with Gasteiger partial charge in [-0.3, -0.25) is 4.98 Å². The van der Waals surface area contributed by atoms with Crippen LogP contribution in [-0.2, 0) is 0 Å². The van der Waals surface area contributed by atoms with E-state index in [0.717, 1.165) is 30.8 Å². The van der Waals surface area contributed by atoms with E-state index < -0.39 is 0 Å². The van der Waals surface area contributed by atoms with Gasteiger partial charge in [-0.25, -0.2) is 9.18 Å². The van der Waals surface area contributed by atoms with Gasteiger partial charge >= 0.3 is 6.03 Å². The van der Waals surface area contributed by atoms with E-state index >= 15 is 0 Å². The Bertz CT molecular complexity index is 684. The number of piperazine rings is 1. The summed E-state index contributed by atoms with van der Waals surface area (Å²) in [6.07, 6.45) is 4.31. The molecule has 0 aliphatic carbocycles. The van der Waals surface area contributed by atoms with Gasteiger partial charge < -0.3 is 15.1 Å². The Hall–Kier alpha value is -2.63. The second-order valence-corrected chi connectivity index (χ2v) is 6.14. The van der Waals surface area contributed by atoms with Crippen LogP contribution in [0.2, 0.25) is 0 Å². The lowest BCUT2D eigenvalue weighted by Crippen LogP contribution is -2.52. The number of benzene rings is 1. The van der Waals surface area contributed by atoms with E-state index in [0.29, 0.717) is 13.1 Å². The van der Waals surface area contributed by atoms with Crippen LogP contribution >= 0.6 is 0 Å². The van der Waals surface area contributed by atoms with E-state index in [4.69, 9.17) is 0 Å². The van der Waals surface area contributed by atoms with E-state index in [1.54, 1.807) is 24.5 Å². The number of hydrogen-bond acceptors (Lipinski definition) is 3. The van der Waals surface area contributed by atoms with Crippen LogP contribution < -0.4 is 10.2 Å². The Morgan fingerprint density at radius 3 is 2.36 bits per heavy atom. The van der Waals surface area contributed by atoms with Crippen LogP contribution in [0.15, 0.2) is 48.8 Å². The lowest BCUT2D eigenvalue weighted by molar-refractivity contribution is 0.190. The molecule has 2 amide bonds. The molecule has 1 saturated heterocycles. The number of halogens is 1. The van der Waals surface area contributed by atoms with Gasteiger partial charge in [-0.1, -0.05) is 6.92 Å². The Morgan fingerprint density at radius 1 is 1.12 bits per heavy atom. The van der Waals surface area contributed by atoms with E-state index in [2.05, 4.69) is 22.1 Å². The lowest BCUT2D eigenvalue weighted by atomic mass is 10.1. The smallest absolute Gasteiger partial charge is 0.318 e. The van der Waals surface area contributed by atoms with E-state index in [1.807, 2.05) is 17.0 Å². The molecule has 1 aromatic heterocycles. The molecule has 0 bridgehead atoms. The SMILES string of the molecule is CCC(NC(=O)N1CCN(c2ccc(F)cc2)CC1)c1ccncc1. The maximum atomic E-state index is 13.0. The summed E-state index contributed by atoms with van der Waals surface area (Å²) in [5.41, 5.74) is 2.06. The highest BCUT2D eigenvalue weighted by molar-refractivity contribution is 5.75. The molecule has 1 atom stereocenters. The maximum absolute atomic E-state index is 13.0. The molecule has 1 aromatic carbocycles. The number of nitrogens with zero attached hydrogens (tertiary/aromatic N) is 3. The molecule has 1 aliphatic rings. The van der Waals surface area contributed by atoms with Crippen molar-refractivity contribution in [2.24, 2.45) is 0 Å². The minimum Gasteiger partial charge on any atom is -0.368 e. The summed E-state index contributed by atoms with van der Waals surface area (Å²) in [6, 6.07) is 10.3. The summed E-state index contributed by atoms with van der Waals surface area (Å²) in [4.78, 5) is 20.6. The third-order valence-electron chi connectivity index (χ3n) is 4.57. The molecule has 0 radical (unpaired) electrons. The number of carbonyl (C=O) groups excluding carboxylic acids is 1. The summed E-state index contributed by atoms with van der Waals surface area (Å²) < 4.78 is 13.0. The number of nitrogens with one attached hydrogen (secondary N) is 1. The molecule has 1 fully saturated rings. The molecular weight excluding hydrogens is 319 g/mol. The van der Waals surface area contributed by atoms with Crippen LogP contribution in [0, 0.1) is 5.82 Å². The summed E-state index contributed by atoms with van der Waals surface area (Å²) in [6.45, 7) is 4.83. The van der Waals surface area contributed by atoms with Crippen LogP contribution in [0.5, 0.6) is 0 Å². The first-order chi connectivity index (χ1) is 12.2. The van der Waals surface area contributed by atoms with Gasteiger partial charge in [0.1, 0.15) is 5.82 Å². The first-order valence-corrected chi connectivity index (χ1v) is 8.63. The van der Waals surface area contributed by atoms with Crippen LogP contribution in [-0.4, -0.2) is 42.1 Å². The molecular formula is C19H23FN4O.